The zero-order valence-corrected chi connectivity index (χ0v) is 9.90. The van der Waals surface area contributed by atoms with E-state index in [-0.39, 0.29) is 23.4 Å². The summed E-state index contributed by atoms with van der Waals surface area (Å²) in [7, 11) is 1.60. The SMILES string of the molecule is CC(O)CN(C)C(=O)c1cc(N)nc(Cl)c1. The van der Waals surface area contributed by atoms with E-state index in [1.165, 1.54) is 17.0 Å². The Morgan fingerprint density at radius 1 is 1.69 bits per heavy atom. The van der Waals surface area contributed by atoms with Crippen molar-refractivity contribution >= 4 is 23.3 Å². The zero-order chi connectivity index (χ0) is 12.3. The van der Waals surface area contributed by atoms with Gasteiger partial charge in [-0.15, -0.1) is 0 Å². The number of anilines is 1. The van der Waals surface area contributed by atoms with Crippen LogP contribution in [0, 0.1) is 0 Å². The molecule has 0 bridgehead atoms. The van der Waals surface area contributed by atoms with Gasteiger partial charge < -0.3 is 15.7 Å². The molecule has 0 aliphatic carbocycles. The predicted molar refractivity (Wildman–Crippen MR) is 62.3 cm³/mol. The molecular weight excluding hydrogens is 230 g/mol. The van der Waals surface area contributed by atoms with Crippen molar-refractivity contribution in [1.82, 2.24) is 9.88 Å². The van der Waals surface area contributed by atoms with Gasteiger partial charge >= 0.3 is 0 Å². The molecule has 0 saturated heterocycles. The van der Waals surface area contributed by atoms with Gasteiger partial charge in [0.15, 0.2) is 0 Å². The molecule has 0 saturated carbocycles. The number of hydrogen-bond donors (Lipinski definition) is 2. The maximum absolute atomic E-state index is 11.9. The van der Waals surface area contributed by atoms with Crippen molar-refractivity contribution in [2.45, 2.75) is 13.0 Å². The van der Waals surface area contributed by atoms with E-state index in [9.17, 15) is 9.90 Å². The molecule has 6 heteroatoms. The Morgan fingerprint density at radius 2 is 2.31 bits per heavy atom. The van der Waals surface area contributed by atoms with Gasteiger partial charge in [-0.25, -0.2) is 4.98 Å². The smallest absolute Gasteiger partial charge is 0.253 e. The van der Waals surface area contributed by atoms with Crippen molar-refractivity contribution in [3.8, 4) is 0 Å². The van der Waals surface area contributed by atoms with Crippen LogP contribution in [0.5, 0.6) is 0 Å². The molecule has 3 N–H and O–H groups in total. The van der Waals surface area contributed by atoms with Crippen molar-refractivity contribution in [2.24, 2.45) is 0 Å². The van der Waals surface area contributed by atoms with Gasteiger partial charge in [-0.05, 0) is 19.1 Å². The molecule has 88 valence electrons. The third-order valence-corrected chi connectivity index (χ3v) is 2.14. The summed E-state index contributed by atoms with van der Waals surface area (Å²) in [5, 5.41) is 9.35. The second-order valence-corrected chi connectivity index (χ2v) is 4.03. The number of aromatic nitrogens is 1. The summed E-state index contributed by atoms with van der Waals surface area (Å²) in [5.41, 5.74) is 5.84. The van der Waals surface area contributed by atoms with Crippen LogP contribution >= 0.6 is 11.6 Å². The molecule has 0 aliphatic heterocycles. The van der Waals surface area contributed by atoms with E-state index in [0.29, 0.717) is 5.56 Å². The van der Waals surface area contributed by atoms with E-state index < -0.39 is 6.10 Å². The number of aliphatic hydroxyl groups is 1. The Morgan fingerprint density at radius 3 is 2.81 bits per heavy atom. The number of carbonyl (C=O) groups excluding carboxylic acids is 1. The van der Waals surface area contributed by atoms with E-state index in [1.807, 2.05) is 0 Å². The summed E-state index contributed by atoms with van der Waals surface area (Å²) in [6, 6.07) is 2.89. The van der Waals surface area contributed by atoms with Gasteiger partial charge in [0.25, 0.3) is 5.91 Å². The van der Waals surface area contributed by atoms with E-state index >= 15 is 0 Å². The lowest BCUT2D eigenvalue weighted by Gasteiger charge is -2.18. The zero-order valence-electron chi connectivity index (χ0n) is 9.14. The molecule has 0 radical (unpaired) electrons. The van der Waals surface area contributed by atoms with E-state index in [0.717, 1.165) is 0 Å². The third-order valence-electron chi connectivity index (χ3n) is 1.95. The van der Waals surface area contributed by atoms with Gasteiger partial charge in [-0.2, -0.15) is 0 Å². The van der Waals surface area contributed by atoms with Crippen LogP contribution in [0.3, 0.4) is 0 Å². The minimum Gasteiger partial charge on any atom is -0.392 e. The topological polar surface area (TPSA) is 79.5 Å². The van der Waals surface area contributed by atoms with Gasteiger partial charge in [0.05, 0.1) is 6.10 Å². The molecule has 16 heavy (non-hydrogen) atoms. The van der Waals surface area contributed by atoms with Gasteiger partial charge in [-0.3, -0.25) is 4.79 Å². The van der Waals surface area contributed by atoms with Crippen molar-refractivity contribution in [3.05, 3.63) is 22.8 Å². The minimum absolute atomic E-state index is 0.175. The first-order valence-corrected chi connectivity index (χ1v) is 5.14. The minimum atomic E-state index is -0.580. The standard InChI is InChI=1S/C10H14ClN3O2/c1-6(15)5-14(2)10(16)7-3-8(11)13-9(12)4-7/h3-4,6,15H,5H2,1-2H3,(H2,12,13). The number of aliphatic hydroxyl groups excluding tert-OH is 1. The Labute approximate surface area is 98.8 Å². The first kappa shape index (κ1) is 12.7. The summed E-state index contributed by atoms with van der Waals surface area (Å²) >= 11 is 5.69. The quantitative estimate of drug-likeness (QED) is 0.769. The number of nitrogens with zero attached hydrogens (tertiary/aromatic N) is 2. The summed E-state index contributed by atoms with van der Waals surface area (Å²) < 4.78 is 0. The molecular formula is C10H14ClN3O2. The number of nitrogens with two attached hydrogens (primary N) is 1. The Balaban J connectivity index is 2.87. The monoisotopic (exact) mass is 243 g/mol. The van der Waals surface area contributed by atoms with Crippen molar-refractivity contribution in [3.63, 3.8) is 0 Å². The molecule has 0 aliphatic rings. The van der Waals surface area contributed by atoms with Crippen LogP contribution in [0.2, 0.25) is 5.15 Å². The number of amides is 1. The maximum atomic E-state index is 11.9. The Hall–Kier alpha value is -1.33. The number of rotatable bonds is 3. The lowest BCUT2D eigenvalue weighted by molar-refractivity contribution is 0.0703. The molecule has 0 spiro atoms. The van der Waals surface area contributed by atoms with Crippen LogP contribution in [0.15, 0.2) is 12.1 Å². The van der Waals surface area contributed by atoms with Crippen LogP contribution in [0.1, 0.15) is 17.3 Å². The van der Waals surface area contributed by atoms with Crippen LogP contribution < -0.4 is 5.73 Å². The molecule has 1 atom stereocenters. The second-order valence-electron chi connectivity index (χ2n) is 3.64. The highest BCUT2D eigenvalue weighted by atomic mass is 35.5. The molecule has 1 heterocycles. The molecule has 1 rings (SSSR count). The summed E-state index contributed by atoms with van der Waals surface area (Å²) in [5.74, 6) is -0.0572. The second kappa shape index (κ2) is 5.14. The predicted octanol–water partition coefficient (Wildman–Crippen LogP) is 0.770. The first-order chi connectivity index (χ1) is 7.40. The normalized spacial score (nSPS) is 12.2. The number of likely N-dealkylation sites (N-methyl/N-ethyl adjacent to an activating group) is 1. The molecule has 1 aromatic heterocycles. The van der Waals surface area contributed by atoms with Crippen LogP contribution in [-0.2, 0) is 0 Å². The average molecular weight is 244 g/mol. The fourth-order valence-corrected chi connectivity index (χ4v) is 1.56. The Kier molecular flexibility index (Phi) is 4.09. The Bertz CT molecular complexity index is 375. The fraction of sp³-hybridized carbons (Fsp3) is 0.400. The number of nitrogen functional groups attached to an aromatic ring is 1. The number of pyridine rings is 1. The van der Waals surface area contributed by atoms with Crippen molar-refractivity contribution < 1.29 is 9.90 Å². The summed E-state index contributed by atoms with van der Waals surface area (Å²) in [6.07, 6.45) is -0.580. The van der Waals surface area contributed by atoms with Crippen LogP contribution in [-0.4, -0.2) is 40.6 Å². The van der Waals surface area contributed by atoms with Gasteiger partial charge in [0.2, 0.25) is 0 Å². The highest BCUT2D eigenvalue weighted by Crippen LogP contribution is 2.13. The third kappa shape index (κ3) is 3.36. The molecule has 0 fully saturated rings. The van der Waals surface area contributed by atoms with E-state index in [1.54, 1.807) is 14.0 Å². The number of carbonyl (C=O) groups is 1. The van der Waals surface area contributed by atoms with E-state index in [2.05, 4.69) is 4.98 Å². The molecule has 0 aromatic carbocycles. The molecule has 1 aromatic rings. The fourth-order valence-electron chi connectivity index (χ4n) is 1.34. The van der Waals surface area contributed by atoms with Gasteiger partial charge in [0.1, 0.15) is 11.0 Å². The highest BCUT2D eigenvalue weighted by Gasteiger charge is 2.14. The summed E-state index contributed by atoms with van der Waals surface area (Å²) in [6.45, 7) is 1.86. The highest BCUT2D eigenvalue weighted by molar-refractivity contribution is 6.29. The van der Waals surface area contributed by atoms with Crippen molar-refractivity contribution in [2.75, 3.05) is 19.3 Å². The largest absolute Gasteiger partial charge is 0.392 e. The van der Waals surface area contributed by atoms with Crippen LogP contribution in [0.4, 0.5) is 5.82 Å². The van der Waals surface area contributed by atoms with Crippen LogP contribution in [0.25, 0.3) is 0 Å². The van der Waals surface area contributed by atoms with Gasteiger partial charge in [0, 0.05) is 19.2 Å². The first-order valence-electron chi connectivity index (χ1n) is 4.76. The number of halogens is 1. The summed E-state index contributed by atoms with van der Waals surface area (Å²) in [4.78, 5) is 17.0. The molecule has 5 nitrogen and oxygen atoms in total. The maximum Gasteiger partial charge on any atom is 0.253 e. The van der Waals surface area contributed by atoms with Gasteiger partial charge in [-0.1, -0.05) is 11.6 Å². The average Bonchev–Trinajstić information content (AvgIpc) is 2.13. The molecule has 1 amide bonds. The number of hydrogen-bond acceptors (Lipinski definition) is 4. The molecule has 1 unspecified atom stereocenters. The lowest BCUT2D eigenvalue weighted by Crippen LogP contribution is -2.33. The van der Waals surface area contributed by atoms with E-state index in [4.69, 9.17) is 17.3 Å². The van der Waals surface area contributed by atoms with Crippen molar-refractivity contribution in [1.29, 1.82) is 0 Å². The lowest BCUT2D eigenvalue weighted by atomic mass is 10.2.